The van der Waals surface area contributed by atoms with Gasteiger partial charge in [-0.1, -0.05) is 12.0 Å². The predicted octanol–water partition coefficient (Wildman–Crippen LogP) is 8.33. The molecule has 6 aliphatic carbocycles. The van der Waals surface area contributed by atoms with Crippen LogP contribution < -0.4 is 58.3 Å². The summed E-state index contributed by atoms with van der Waals surface area (Å²) < 4.78 is 77.4. The van der Waals surface area contributed by atoms with Crippen molar-refractivity contribution in [2.45, 2.75) is 231 Å². The Morgan fingerprint density at radius 3 is 1.38 bits per heavy atom. The van der Waals surface area contributed by atoms with E-state index >= 15 is 0 Å². The number of aliphatic carboxylic acids is 1. The first-order valence-corrected chi connectivity index (χ1v) is 46.9. The molecule has 42 heteroatoms. The van der Waals surface area contributed by atoms with Crippen LogP contribution in [0.25, 0.3) is 32.7 Å². The number of hydrogen-bond donors (Lipinski definition) is 10. The Labute approximate surface area is 827 Å². The number of aromatic amines is 2. The number of benzene rings is 3. The molecule has 9 aliphatic rings. The van der Waals surface area contributed by atoms with Gasteiger partial charge in [0.15, 0.2) is 12.2 Å². The first-order valence-electron chi connectivity index (χ1n) is 42.1. The third kappa shape index (κ3) is 27.1. The summed E-state index contributed by atoms with van der Waals surface area (Å²) in [6.45, 7) is 14.4. The SMILES string of the molecule is CC(C)N=NC(=O)OC(C)C.COC(=O)[C@H]1O[C@@H](Oc2c[nH]c3cc(Br)c(OCC4[C@H]5CCC#CCC[C@@H]45)c(Br)c23)[C@H](O)[C@@H](O)[C@@H]1O.COC[C@H]1O[C@@H](Oc2cn(C(C)=O)c3cc(Br)c(O)c(Br)c23)[C@H](C)[C@@H](OC(C)=O)[C@@H]1OC(C)=O.O=C([O-])[C@H]1O[C@@H](Oc2c[nH]c3cc(Br)c(OCC4[C@H]5CCC#CCC[C@@H]45)c(Br)c23)[C@H](O)[C@@H](O)[C@@H]1O.O=C=O.OCC1[C@H]2CCC#CCC[C@@H]12.[Na+]. The molecular weight excluding hydrogens is 2120 g/mol. The van der Waals surface area contributed by atoms with E-state index in [1.807, 2.05) is 26.0 Å². The number of fused-ring (bicyclic) bond motifs is 6. The molecule has 3 saturated heterocycles. The first-order chi connectivity index (χ1) is 61.9. The number of amides is 1. The molecule has 35 nitrogen and oxygen atoms in total. The largest absolute Gasteiger partial charge is 1.00 e. The number of rotatable bonds is 21. The van der Waals surface area contributed by atoms with Crippen molar-refractivity contribution in [1.82, 2.24) is 14.5 Å². The zero-order chi connectivity index (χ0) is 95.0. The van der Waals surface area contributed by atoms with E-state index in [1.54, 1.807) is 33.0 Å². The van der Waals surface area contributed by atoms with Gasteiger partial charge in [-0.05, 0) is 233 Å². The summed E-state index contributed by atoms with van der Waals surface area (Å²) in [5, 5.41) is 100. The van der Waals surface area contributed by atoms with Crippen LogP contribution in [0, 0.1) is 94.7 Å². The molecule has 1 amide bonds. The second-order valence-corrected chi connectivity index (χ2v) is 37.8. The fourth-order valence-electron chi connectivity index (χ4n) is 17.0. The van der Waals surface area contributed by atoms with Crippen LogP contribution in [0.15, 0.2) is 73.9 Å². The molecule has 3 aromatic carbocycles. The molecule has 3 saturated carbocycles. The van der Waals surface area contributed by atoms with Crippen LogP contribution in [0.1, 0.15) is 137 Å². The number of aromatic hydroxyl groups is 1. The van der Waals surface area contributed by atoms with Gasteiger partial charge in [0.05, 0.1) is 117 Å². The van der Waals surface area contributed by atoms with Gasteiger partial charge in [-0.3, -0.25) is 19.0 Å². The van der Waals surface area contributed by atoms with E-state index in [0.29, 0.717) is 124 Å². The number of H-pyrrole nitrogens is 2. The molecule has 3 aromatic heterocycles. The maximum atomic E-state index is 12.3. The van der Waals surface area contributed by atoms with E-state index in [0.717, 1.165) is 97.6 Å². The number of carboxylic acid groups (broad SMARTS) is 1. The number of methoxy groups -OCH3 is 2. The molecule has 131 heavy (non-hydrogen) atoms. The fraction of sp³-hybridized carbons (Fsp3) is 0.584. The monoisotopic (exact) mass is 2220 g/mol. The van der Waals surface area contributed by atoms with Gasteiger partial charge in [-0.15, -0.1) is 35.5 Å². The van der Waals surface area contributed by atoms with Crippen molar-refractivity contribution in [3.05, 3.63) is 63.6 Å². The molecule has 3 aliphatic heterocycles. The van der Waals surface area contributed by atoms with Crippen molar-refractivity contribution in [2.75, 3.05) is 40.6 Å². The number of nitrogens with one attached hydrogen (secondary N) is 2. The van der Waals surface area contributed by atoms with Gasteiger partial charge in [0.25, 0.3) is 0 Å². The van der Waals surface area contributed by atoms with Crippen molar-refractivity contribution >= 4 is 170 Å². The fourth-order valence-corrected chi connectivity index (χ4v) is 21.4. The summed E-state index contributed by atoms with van der Waals surface area (Å²) >= 11 is 21.0. The Bertz CT molecular complexity index is 5230. The average Bonchev–Trinajstić information content (AvgIpc) is 1.60. The molecule has 708 valence electrons. The molecule has 3 unspecified atom stereocenters. The van der Waals surface area contributed by atoms with E-state index < -0.39 is 122 Å². The van der Waals surface area contributed by atoms with Gasteiger partial charge in [0.1, 0.15) is 89.4 Å². The number of aliphatic hydroxyl groups is 7. The molecule has 10 N–H and O–H groups in total. The van der Waals surface area contributed by atoms with Gasteiger partial charge < -0.3 is 122 Å². The molecule has 0 radical (unpaired) electrons. The smallest absolute Gasteiger partial charge is 0.547 e. The third-order valence-electron chi connectivity index (χ3n) is 23.5. The minimum absolute atomic E-state index is 0. The normalized spacial score (nSPS) is 29.2. The van der Waals surface area contributed by atoms with Crippen molar-refractivity contribution < 1.29 is 175 Å². The number of carboxylic acids is 1. The Morgan fingerprint density at radius 2 is 0.985 bits per heavy atom. The zero-order valence-corrected chi connectivity index (χ0v) is 85.0. The second kappa shape index (κ2) is 49.8. The van der Waals surface area contributed by atoms with Crippen LogP contribution in [0.5, 0.6) is 34.5 Å². The molecule has 6 aromatic rings. The topological polar surface area (TPSA) is 503 Å². The summed E-state index contributed by atoms with van der Waals surface area (Å²) in [5.74, 6) is 22.4. The van der Waals surface area contributed by atoms with Crippen molar-refractivity contribution in [3.63, 3.8) is 0 Å². The van der Waals surface area contributed by atoms with Crippen LogP contribution in [-0.2, 0) is 66.7 Å². The number of phenolic OH excluding ortho intramolecular Hbond substituents is 1. The number of carbonyl (C=O) groups excluding carboxylic acids is 8. The summed E-state index contributed by atoms with van der Waals surface area (Å²) in [6, 6.07) is 5.32. The standard InChI is InChI=1S/C25H27Br2NO8.C24H25Br2NO8.C22H25Br2NO9.C10H14O.C7H14N2O2.CO2.Na/c1-33-24(32)23-20(30)19(29)21(31)25(36-23)35-16-9-28-15-8-14(26)22(18(27)17(15)16)34-10-13-11-6-4-2-3-5-7-12(11)13;25-13-7-14-16(17(26)21(13)33-9-12-10-5-3-1-2-4-6-11(10)12)15(8-27-14)34-24-20(30)18(28)19(29)22(35-24)23(31)32;1-9-20(31-11(3)27)21(32-12(4)28)16(8-30-5)34-22(9)33-15-7-25(10(2)26)14-6-13(23)19(29)18(24)17(14)15;11-7-10-8-5-3-1-2-4-6-9(8)10;1-5(2)8-9-7(10)11-6(3)4;2-1-3;/h8-9,11-13,19-21,23,25,28-31H,4-7,10H2,1H3;7-8,10-12,18-20,22,24,27-30H,3-6,9H2,(H,31,32);6-7,9,16,20-22,29H,8H2,1-5H3;8-11H,3-7H2;5-6H,1-4H3;;/q;;;;;;+1/p-1/t11-,12+,13?,19-,20-,21+,23-,25+;10-,11+,12?,18-,19-,20+,22-,24+;9-,16-,20-,21-,22-;8-,9+,10?;;;/m001..../s1. The van der Waals surface area contributed by atoms with Gasteiger partial charge in [0, 0.05) is 85.4 Å². The molecular formula is C89H104Br6N5NaO30. The summed E-state index contributed by atoms with van der Waals surface area (Å²) in [5.41, 5.74) is 1.89. The summed E-state index contributed by atoms with van der Waals surface area (Å²) in [6.07, 6.45) is -3.39. The quantitative estimate of drug-likeness (QED) is 0.0106. The summed E-state index contributed by atoms with van der Waals surface area (Å²) in [7, 11) is 2.59. The maximum absolute atomic E-state index is 12.3. The van der Waals surface area contributed by atoms with Gasteiger partial charge in [-0.25, -0.2) is 9.59 Å². The minimum Gasteiger partial charge on any atom is -0.547 e. The Hall–Kier alpha value is -6.80. The number of nitrogens with zero attached hydrogens (tertiary/aromatic N) is 3. The maximum Gasteiger partial charge on any atom is 1.00 e. The van der Waals surface area contributed by atoms with Crippen LogP contribution >= 0.6 is 95.6 Å². The number of azo groups is 1. The number of phenols is 1. The number of carbonyl (C=O) groups is 6. The van der Waals surface area contributed by atoms with Gasteiger partial charge >= 0.3 is 59.7 Å². The molecule has 6 heterocycles. The number of ether oxygens (including phenoxy) is 13. The minimum atomic E-state index is -1.86. The average molecular weight is 2230 g/mol. The molecule has 0 spiro atoms. The van der Waals surface area contributed by atoms with E-state index in [1.165, 1.54) is 57.7 Å². The van der Waals surface area contributed by atoms with Crippen LogP contribution in [0.2, 0.25) is 0 Å². The number of aromatic nitrogens is 3. The van der Waals surface area contributed by atoms with E-state index in [2.05, 4.69) is 156 Å². The Morgan fingerprint density at radius 1 is 0.565 bits per heavy atom. The number of halogens is 6. The third-order valence-corrected chi connectivity index (χ3v) is 27.6. The van der Waals surface area contributed by atoms with Crippen molar-refractivity contribution in [1.29, 1.82) is 0 Å². The van der Waals surface area contributed by atoms with E-state index in [4.69, 9.17) is 71.5 Å². The molecule has 24 atom stereocenters. The van der Waals surface area contributed by atoms with Gasteiger partial charge in [-0.2, -0.15) is 14.7 Å². The molecule has 0 bridgehead atoms. The van der Waals surface area contributed by atoms with Crippen LogP contribution in [-0.4, -0.2) is 236 Å². The number of esters is 3. The molecule has 6 fully saturated rings. The van der Waals surface area contributed by atoms with Crippen molar-refractivity contribution in [2.24, 2.45) is 69.4 Å². The molecule has 15 rings (SSSR count). The van der Waals surface area contributed by atoms with Crippen LogP contribution in [0.3, 0.4) is 0 Å². The van der Waals surface area contributed by atoms with E-state index in [-0.39, 0.29) is 77.6 Å². The number of aliphatic hydroxyl groups excluding tert-OH is 7. The van der Waals surface area contributed by atoms with Crippen LogP contribution in [0.4, 0.5) is 4.79 Å². The van der Waals surface area contributed by atoms with E-state index in [9.17, 15) is 69.6 Å². The first kappa shape index (κ1) is 108. The second-order valence-electron chi connectivity index (χ2n) is 32.8. The predicted molar refractivity (Wildman–Crippen MR) is 481 cm³/mol. The summed E-state index contributed by atoms with van der Waals surface area (Å²) in [4.78, 5) is 92.2. The number of hydrogen-bond acceptors (Lipinski definition) is 31. The Balaban J connectivity index is 0.000000194. The Kier molecular flexibility index (Phi) is 41.0. The van der Waals surface area contributed by atoms with Gasteiger partial charge in [0.2, 0.25) is 24.8 Å². The van der Waals surface area contributed by atoms with Crippen molar-refractivity contribution in [3.8, 4) is 70.0 Å². The zero-order valence-electron chi connectivity index (χ0n) is 73.5.